The number of carboxylic acids is 1. The Morgan fingerprint density at radius 3 is 1.69 bits per heavy atom. The van der Waals surface area contributed by atoms with Gasteiger partial charge in [-0.1, -0.05) is 53.2 Å². The molecule has 8 aliphatic heterocycles. The van der Waals surface area contributed by atoms with Gasteiger partial charge in [-0.15, -0.1) is 0 Å². The van der Waals surface area contributed by atoms with Gasteiger partial charge in [0.15, 0.2) is 62.3 Å². The van der Waals surface area contributed by atoms with Crippen LogP contribution in [0.25, 0.3) is 0 Å². The van der Waals surface area contributed by atoms with E-state index in [0.29, 0.717) is 38.5 Å². The molecule has 0 aromatic heterocycles. The molecule has 4 saturated carbocycles. The minimum Gasteiger partial charge on any atom is -0.479 e. The smallest absolute Gasteiger partial charge is 0.335 e. The lowest BCUT2D eigenvalue weighted by atomic mass is 9.33. The van der Waals surface area contributed by atoms with Crippen LogP contribution >= 0.6 is 0 Å². The van der Waals surface area contributed by atoms with E-state index in [2.05, 4.69) is 26.8 Å². The van der Waals surface area contributed by atoms with Crippen molar-refractivity contribution in [2.24, 2.45) is 50.2 Å². The normalized spacial score (nSPS) is 54.1. The molecule has 5 aliphatic carbocycles. The summed E-state index contributed by atoms with van der Waals surface area (Å²) in [5.74, 6) is -5.29. The Morgan fingerprint density at radius 1 is 0.500 bits per heavy atom. The SMILES string of the molecule is CC(=O)O[C@@H]1[C@H](O[C@@H]2O[C@@H](C)[C@H](O)[C@@H](O)[C@H]2O)[C@@H](O[C@@H]2O[C@@H](C)[C@H](O[C@@H]3OC[C@@H](O)[C@H](O[C@@H]4OC[C@](O)(CO)[C@H]4O)[C@H]3O)[C@@H](O)[C@H]2O)[C@H](OC(=O)[C@]23CCC(C)(C)C[C@H]2C2=CCC4[C@@]5(C)CC[C@H](O[C@@H]6O[C@H](C(=O)O)[C@@H](O)[C@H](O[C@@H]7OC[C@@H](O)[C@H](O)[C@H]7O)[C@H]6O[C@@H]6O[C@H](CO)[C@H](O)[C@H](O)[C@H]6O)[C@@](C)(C=O)C5CC[C@@]4(C)[C@]2(C)C[C@H]3O)O[C@@H]1C. The molecule has 13 aliphatic rings. The number of ether oxygens (including phenoxy) is 17. The number of esters is 2. The summed E-state index contributed by atoms with van der Waals surface area (Å²) in [6.45, 7) is 13.7. The Labute approximate surface area is 678 Å². The van der Waals surface area contributed by atoms with Crippen molar-refractivity contribution in [3.63, 3.8) is 0 Å². The zero-order valence-electron chi connectivity index (χ0n) is 67.2. The van der Waals surface area contributed by atoms with Gasteiger partial charge in [-0.05, 0) is 118 Å². The van der Waals surface area contributed by atoms with Crippen molar-refractivity contribution in [1.29, 1.82) is 0 Å². The van der Waals surface area contributed by atoms with Gasteiger partial charge in [0.25, 0.3) is 0 Å². The third kappa shape index (κ3) is 16.0. The van der Waals surface area contributed by atoms with E-state index in [-0.39, 0.29) is 25.2 Å². The predicted octanol–water partition coefficient (Wildman–Crippen LogP) is -6.92. The molecule has 0 amide bonds. The molecule has 0 radical (unpaired) electrons. The fourth-order valence-corrected chi connectivity index (χ4v) is 21.7. The van der Waals surface area contributed by atoms with Gasteiger partial charge in [-0.3, -0.25) is 9.59 Å². The first-order valence-electron chi connectivity index (χ1n) is 40.6. The minimum absolute atomic E-state index is 0.0347. The largest absolute Gasteiger partial charge is 0.479 e. The molecule has 41 heteroatoms. The monoisotopic (exact) mass is 1700 g/mol. The highest BCUT2D eigenvalue weighted by Gasteiger charge is 2.74. The maximum Gasteiger partial charge on any atom is 0.335 e. The van der Waals surface area contributed by atoms with Gasteiger partial charge in [0.1, 0.15) is 145 Å². The highest BCUT2D eigenvalue weighted by molar-refractivity contribution is 5.80. The number of aliphatic hydroxyl groups excluding tert-OH is 18. The maximum atomic E-state index is 16.4. The number of carbonyl (C=O) groups excluding carboxylic acids is 3. The summed E-state index contributed by atoms with van der Waals surface area (Å²) < 4.78 is 103. The molecule has 20 N–H and O–H groups in total. The zero-order chi connectivity index (χ0) is 86.2. The van der Waals surface area contributed by atoms with Crippen LogP contribution in [0.1, 0.15) is 127 Å². The van der Waals surface area contributed by atoms with E-state index in [4.69, 9.17) is 80.5 Å². The van der Waals surface area contributed by atoms with Gasteiger partial charge in [0, 0.05) is 6.92 Å². The lowest BCUT2D eigenvalue weighted by molar-refractivity contribution is -0.392. The summed E-state index contributed by atoms with van der Waals surface area (Å²) in [7, 11) is 0. The number of aldehydes is 1. The maximum absolute atomic E-state index is 16.4. The third-order valence-corrected chi connectivity index (χ3v) is 28.9. The summed E-state index contributed by atoms with van der Waals surface area (Å²) in [5.41, 5.74) is -7.52. The number of fused-ring (bicyclic) bond motifs is 7. The molecular formula is C77H120O41. The molecule has 41 nitrogen and oxygen atoms in total. The van der Waals surface area contributed by atoms with Crippen molar-refractivity contribution >= 4 is 24.2 Å². The molecule has 0 spiro atoms. The molecule has 46 atom stereocenters. The van der Waals surface area contributed by atoms with E-state index in [1.165, 1.54) is 20.8 Å². The average molecular weight is 1700 g/mol. The first-order valence-corrected chi connectivity index (χ1v) is 40.6. The summed E-state index contributed by atoms with van der Waals surface area (Å²) in [6.07, 6.45) is -62.3. The van der Waals surface area contributed by atoms with Gasteiger partial charge in [0.2, 0.25) is 6.29 Å². The zero-order valence-corrected chi connectivity index (χ0v) is 67.2. The fourth-order valence-electron chi connectivity index (χ4n) is 21.7. The van der Waals surface area contributed by atoms with Crippen LogP contribution in [0.15, 0.2) is 11.6 Å². The van der Waals surface area contributed by atoms with E-state index >= 15 is 4.79 Å². The van der Waals surface area contributed by atoms with Crippen LogP contribution < -0.4 is 0 Å². The molecule has 12 fully saturated rings. The molecule has 0 aromatic carbocycles. The van der Waals surface area contributed by atoms with Crippen LogP contribution in [-0.2, 0) is 99.7 Å². The highest BCUT2D eigenvalue weighted by Crippen LogP contribution is 2.76. The summed E-state index contributed by atoms with van der Waals surface area (Å²) >= 11 is 0. The topological polar surface area (TPSA) is 630 Å². The number of carbonyl (C=O) groups is 4. The standard InChI is InChI=1S/C77H120O41/c1-27-40(85)43(88)47(92)64(105-27)115-57-53(108-30(4)81)29(3)107-67(59(57)117-65-49(94)45(90)52(28(2)106-65)111-63-51(96)54(34(83)23-103-63)112-69-60(97)76(101,25-80)26-104-69)118-70(100)77-18-17-71(5,6)19-32(77)31-11-12-37-72(7)15-14-39(73(8,24-79)36(72)13-16-74(37,9)75(31,10)20-38(77)84)110-68-58(116-66-48(93)44(89)42(87)35(21-78)109-66)55(50(95)56(114-68)61(98)99)113-62-46(91)41(86)33(82)22-102-62/h11,24,27-29,32-60,62-69,78,80,82-97,101H,12-23,25-26H2,1-10H3,(H,98,99)/t27-,28-,29+,32-,33+,34+,35+,36?,37?,38+,39-,40-,41-,42-,43+,44-,45-,46+,47+,48+,49+,50-,51+,52-,53-,54-,55-,56-,57-,58+,59+,60-,62-,63-,64-,65-,66-,67-,68+,69-,72-,73-,74+,75+,76+,77+/m0/s1. The van der Waals surface area contributed by atoms with Crippen LogP contribution in [0.5, 0.6) is 0 Å². The van der Waals surface area contributed by atoms with E-state index in [1.807, 2.05) is 13.8 Å². The van der Waals surface area contributed by atoms with Crippen LogP contribution in [-0.4, -0.2) is 392 Å². The number of hydrogen-bond donors (Lipinski definition) is 20. The van der Waals surface area contributed by atoms with Gasteiger partial charge >= 0.3 is 17.9 Å². The van der Waals surface area contributed by atoms with E-state index < -0.39 is 328 Å². The summed E-state index contributed by atoms with van der Waals surface area (Å²) in [5, 5.41) is 222. The highest BCUT2D eigenvalue weighted by atomic mass is 16.8. The second-order valence-corrected chi connectivity index (χ2v) is 36.6. The fraction of sp³-hybridized carbons (Fsp3) is 0.922. The van der Waals surface area contributed by atoms with E-state index in [9.17, 15) is 117 Å². The Hall–Kier alpha value is -3.54. The molecule has 8 saturated heterocycles. The Morgan fingerprint density at radius 2 is 1.06 bits per heavy atom. The van der Waals surface area contributed by atoms with Crippen LogP contribution in [0.3, 0.4) is 0 Å². The van der Waals surface area contributed by atoms with Crippen molar-refractivity contribution in [2.75, 3.05) is 33.0 Å². The summed E-state index contributed by atoms with van der Waals surface area (Å²) in [6, 6.07) is 0. The van der Waals surface area contributed by atoms with Gasteiger partial charge < -0.3 is 187 Å². The van der Waals surface area contributed by atoms with E-state index in [1.54, 1.807) is 6.92 Å². The first kappa shape index (κ1) is 92.1. The second-order valence-electron chi connectivity index (χ2n) is 36.6. The number of aliphatic carboxylic acids is 1. The van der Waals surface area contributed by atoms with Crippen molar-refractivity contribution < 1.29 is 202 Å². The Kier molecular flexibility index (Phi) is 27.1. The molecule has 118 heavy (non-hydrogen) atoms. The van der Waals surface area contributed by atoms with Crippen LogP contribution in [0, 0.1) is 50.2 Å². The van der Waals surface area contributed by atoms with Crippen molar-refractivity contribution in [3.8, 4) is 0 Å². The average Bonchev–Trinajstić information content (AvgIpc) is 0.720. The number of hydrogen-bond acceptors (Lipinski definition) is 40. The van der Waals surface area contributed by atoms with Gasteiger partial charge in [-0.25, -0.2) is 4.79 Å². The molecule has 2 unspecified atom stereocenters. The number of rotatable bonds is 21. The van der Waals surface area contributed by atoms with Crippen LogP contribution in [0.4, 0.5) is 0 Å². The molecule has 0 aromatic rings. The van der Waals surface area contributed by atoms with Gasteiger partial charge in [0.05, 0.1) is 69.0 Å². The Bertz CT molecular complexity index is 3540. The molecular weight excluding hydrogens is 1580 g/mol. The minimum atomic E-state index is -2.25. The molecule has 674 valence electrons. The predicted molar refractivity (Wildman–Crippen MR) is 383 cm³/mol. The molecule has 0 bridgehead atoms. The Balaban J connectivity index is 0.788. The first-order chi connectivity index (χ1) is 55.3. The lowest BCUT2D eigenvalue weighted by Gasteiger charge is -2.71. The molecule has 13 rings (SSSR count). The molecule has 8 heterocycles. The van der Waals surface area contributed by atoms with Crippen molar-refractivity contribution in [3.05, 3.63) is 11.6 Å². The summed E-state index contributed by atoms with van der Waals surface area (Å²) in [4.78, 5) is 57.0. The van der Waals surface area contributed by atoms with Crippen molar-refractivity contribution in [1.82, 2.24) is 0 Å². The van der Waals surface area contributed by atoms with Gasteiger partial charge in [-0.2, -0.15) is 0 Å². The third-order valence-electron chi connectivity index (χ3n) is 28.9. The quantitative estimate of drug-likeness (QED) is 0.0220. The number of allylic oxidation sites excluding steroid dienone is 2. The van der Waals surface area contributed by atoms with Crippen LogP contribution in [0.2, 0.25) is 0 Å². The van der Waals surface area contributed by atoms with Crippen molar-refractivity contribution in [2.45, 2.75) is 360 Å². The lowest BCUT2D eigenvalue weighted by Crippen LogP contribution is -2.69. The van der Waals surface area contributed by atoms with E-state index in [0.717, 1.165) is 18.8 Å². The second kappa shape index (κ2) is 34.7. The number of aliphatic hydroxyl groups is 19. The number of carboxylic acid groups (broad SMARTS) is 1.